The maximum atomic E-state index is 5.98. The van der Waals surface area contributed by atoms with E-state index in [1.807, 2.05) is 29.8 Å². The van der Waals surface area contributed by atoms with Gasteiger partial charge in [-0.3, -0.25) is 4.98 Å². The summed E-state index contributed by atoms with van der Waals surface area (Å²) in [6.45, 7) is 5.63. The van der Waals surface area contributed by atoms with E-state index in [1.54, 1.807) is 12.4 Å². The Hall–Kier alpha value is -1.81. The first kappa shape index (κ1) is 13.3. The van der Waals surface area contributed by atoms with E-state index in [2.05, 4.69) is 16.7 Å². The van der Waals surface area contributed by atoms with Crippen LogP contribution in [0.15, 0.2) is 37.2 Å². The van der Waals surface area contributed by atoms with E-state index in [9.17, 15) is 0 Å². The fourth-order valence-electron chi connectivity index (χ4n) is 1.61. The summed E-state index contributed by atoms with van der Waals surface area (Å²) in [7, 11) is 0. The minimum Gasteiger partial charge on any atom is -0.396 e. The van der Waals surface area contributed by atoms with Gasteiger partial charge in [-0.1, -0.05) is 6.08 Å². The van der Waals surface area contributed by atoms with E-state index in [-0.39, 0.29) is 12.4 Å². The predicted molar refractivity (Wildman–Crippen MR) is 71.7 cm³/mol. The van der Waals surface area contributed by atoms with Crippen molar-refractivity contribution in [1.29, 1.82) is 0 Å². The van der Waals surface area contributed by atoms with Gasteiger partial charge in [0.15, 0.2) is 0 Å². The number of aromatic nitrogens is 3. The Morgan fingerprint density at radius 2 is 2.29 bits per heavy atom. The fourth-order valence-corrected chi connectivity index (χ4v) is 1.61. The van der Waals surface area contributed by atoms with Crippen molar-refractivity contribution in [2.45, 2.75) is 13.3 Å². The van der Waals surface area contributed by atoms with Crippen molar-refractivity contribution in [3.05, 3.63) is 48.6 Å². The normalized spacial score (nSPS) is 9.71. The van der Waals surface area contributed by atoms with Crippen LogP contribution in [0.5, 0.6) is 0 Å². The Bertz CT molecular complexity index is 505. The second-order valence-electron chi connectivity index (χ2n) is 3.56. The molecule has 0 atom stereocenters. The van der Waals surface area contributed by atoms with E-state index < -0.39 is 0 Å². The molecule has 0 aliphatic rings. The van der Waals surface area contributed by atoms with Crippen molar-refractivity contribution in [1.82, 2.24) is 14.8 Å². The maximum Gasteiger partial charge on any atom is 0.0833 e. The number of hydrogen-bond donors (Lipinski definition) is 1. The van der Waals surface area contributed by atoms with E-state index >= 15 is 0 Å². The van der Waals surface area contributed by atoms with Crippen LogP contribution in [0.3, 0.4) is 0 Å². The van der Waals surface area contributed by atoms with Crippen molar-refractivity contribution in [2.24, 2.45) is 0 Å². The van der Waals surface area contributed by atoms with Crippen LogP contribution < -0.4 is 5.73 Å². The van der Waals surface area contributed by atoms with Crippen molar-refractivity contribution < 1.29 is 0 Å². The molecule has 0 unspecified atom stereocenters. The highest BCUT2D eigenvalue weighted by Gasteiger charge is 2.12. The van der Waals surface area contributed by atoms with Gasteiger partial charge >= 0.3 is 0 Å². The molecule has 2 aromatic rings. The zero-order valence-corrected chi connectivity index (χ0v) is 10.4. The summed E-state index contributed by atoms with van der Waals surface area (Å²) in [6.07, 6.45) is 6.01. The molecule has 17 heavy (non-hydrogen) atoms. The van der Waals surface area contributed by atoms with Crippen LogP contribution >= 0.6 is 12.4 Å². The second kappa shape index (κ2) is 5.50. The second-order valence-corrected chi connectivity index (χ2v) is 3.56. The Morgan fingerprint density at radius 1 is 1.53 bits per heavy atom. The Morgan fingerprint density at radius 3 is 2.88 bits per heavy atom. The van der Waals surface area contributed by atoms with Gasteiger partial charge in [0.05, 0.1) is 29.0 Å². The summed E-state index contributed by atoms with van der Waals surface area (Å²) < 4.78 is 1.82. The van der Waals surface area contributed by atoms with E-state index in [0.717, 1.165) is 22.8 Å². The summed E-state index contributed by atoms with van der Waals surface area (Å²) in [4.78, 5) is 4.07. The molecular formula is C12H15ClN4. The molecule has 2 heterocycles. The zero-order valence-electron chi connectivity index (χ0n) is 9.63. The lowest BCUT2D eigenvalue weighted by Crippen LogP contribution is -2.03. The van der Waals surface area contributed by atoms with Gasteiger partial charge in [-0.25, -0.2) is 4.68 Å². The molecule has 0 spiro atoms. The van der Waals surface area contributed by atoms with E-state index in [1.165, 1.54) is 0 Å². The monoisotopic (exact) mass is 250 g/mol. The third-order valence-electron chi connectivity index (χ3n) is 2.43. The molecule has 0 fully saturated rings. The average Bonchev–Trinajstić information content (AvgIpc) is 2.59. The van der Waals surface area contributed by atoms with Crippen LogP contribution in [0.2, 0.25) is 0 Å². The van der Waals surface area contributed by atoms with Crippen molar-refractivity contribution in [3.63, 3.8) is 0 Å². The molecule has 90 valence electrons. The highest BCUT2D eigenvalue weighted by atomic mass is 35.5. The van der Waals surface area contributed by atoms with Gasteiger partial charge in [0, 0.05) is 12.6 Å². The van der Waals surface area contributed by atoms with Crippen LogP contribution in [0, 0.1) is 6.92 Å². The number of anilines is 1. The Balaban J connectivity index is 0.00000144. The quantitative estimate of drug-likeness (QED) is 0.851. The van der Waals surface area contributed by atoms with Crippen LogP contribution in [0.25, 0.3) is 5.69 Å². The molecule has 0 aromatic carbocycles. The molecule has 0 radical (unpaired) electrons. The largest absolute Gasteiger partial charge is 0.396 e. The highest BCUT2D eigenvalue weighted by molar-refractivity contribution is 5.85. The third-order valence-corrected chi connectivity index (χ3v) is 2.43. The molecule has 2 rings (SSSR count). The van der Waals surface area contributed by atoms with Crippen molar-refractivity contribution in [2.75, 3.05) is 5.73 Å². The van der Waals surface area contributed by atoms with E-state index in [0.29, 0.717) is 6.42 Å². The standard InChI is InChI=1S/C12H14N4.ClH/c1-3-5-11-12(13)9(2)15-16(11)10-6-4-7-14-8-10;/h3-4,6-8H,1,5,13H2,2H3;1H. The van der Waals surface area contributed by atoms with Crippen LogP contribution in [-0.4, -0.2) is 14.8 Å². The summed E-state index contributed by atoms with van der Waals surface area (Å²) in [6, 6.07) is 3.83. The molecule has 0 saturated carbocycles. The lowest BCUT2D eigenvalue weighted by atomic mass is 10.2. The first-order valence-electron chi connectivity index (χ1n) is 5.09. The van der Waals surface area contributed by atoms with Crippen LogP contribution in [0.1, 0.15) is 11.4 Å². The van der Waals surface area contributed by atoms with Gasteiger partial charge in [-0.05, 0) is 19.1 Å². The lowest BCUT2D eigenvalue weighted by Gasteiger charge is -2.05. The van der Waals surface area contributed by atoms with Gasteiger partial charge in [0.2, 0.25) is 0 Å². The number of nitrogen functional groups attached to an aromatic ring is 1. The SMILES string of the molecule is C=CCc1c(N)c(C)nn1-c1cccnc1.Cl. The molecule has 4 nitrogen and oxygen atoms in total. The smallest absolute Gasteiger partial charge is 0.0833 e. The lowest BCUT2D eigenvalue weighted by molar-refractivity contribution is 0.814. The highest BCUT2D eigenvalue weighted by Crippen LogP contribution is 2.20. The number of halogens is 1. The molecule has 0 aliphatic heterocycles. The molecule has 0 saturated heterocycles. The number of rotatable bonds is 3. The van der Waals surface area contributed by atoms with Crippen LogP contribution in [-0.2, 0) is 6.42 Å². The van der Waals surface area contributed by atoms with Gasteiger partial charge < -0.3 is 5.73 Å². The number of aryl methyl sites for hydroxylation is 1. The first-order chi connectivity index (χ1) is 7.74. The number of nitrogens with zero attached hydrogens (tertiary/aromatic N) is 3. The first-order valence-corrected chi connectivity index (χ1v) is 5.09. The summed E-state index contributed by atoms with van der Waals surface area (Å²) >= 11 is 0. The minimum absolute atomic E-state index is 0. The summed E-state index contributed by atoms with van der Waals surface area (Å²) in [5, 5.41) is 4.40. The number of hydrogen-bond acceptors (Lipinski definition) is 3. The average molecular weight is 251 g/mol. The Labute approximate surface area is 107 Å². The van der Waals surface area contributed by atoms with Gasteiger partial charge in [-0.15, -0.1) is 19.0 Å². The number of nitrogens with two attached hydrogens (primary N) is 1. The fraction of sp³-hybridized carbons (Fsp3) is 0.167. The predicted octanol–water partition coefficient (Wildman–Crippen LogP) is 2.31. The Kier molecular flexibility index (Phi) is 4.29. The zero-order chi connectivity index (χ0) is 11.5. The van der Waals surface area contributed by atoms with Gasteiger partial charge in [0.25, 0.3) is 0 Å². The van der Waals surface area contributed by atoms with Gasteiger partial charge in [0.1, 0.15) is 0 Å². The van der Waals surface area contributed by atoms with Crippen LogP contribution in [0.4, 0.5) is 5.69 Å². The number of allylic oxidation sites excluding steroid dienone is 1. The molecule has 2 aromatic heterocycles. The molecule has 5 heteroatoms. The maximum absolute atomic E-state index is 5.98. The summed E-state index contributed by atoms with van der Waals surface area (Å²) in [5.74, 6) is 0. The number of pyridine rings is 1. The molecular weight excluding hydrogens is 236 g/mol. The van der Waals surface area contributed by atoms with E-state index in [4.69, 9.17) is 5.73 Å². The van der Waals surface area contributed by atoms with Crippen molar-refractivity contribution >= 4 is 18.1 Å². The third kappa shape index (κ3) is 2.47. The topological polar surface area (TPSA) is 56.7 Å². The van der Waals surface area contributed by atoms with Crippen molar-refractivity contribution in [3.8, 4) is 5.69 Å². The molecule has 0 aliphatic carbocycles. The molecule has 2 N–H and O–H groups in total. The molecule has 0 amide bonds. The molecule has 0 bridgehead atoms. The summed E-state index contributed by atoms with van der Waals surface area (Å²) in [5.41, 5.74) is 9.41. The van der Waals surface area contributed by atoms with Gasteiger partial charge in [-0.2, -0.15) is 5.10 Å². The minimum atomic E-state index is 0.